The number of nitrogens with one attached hydrogen (secondary N) is 2. The molecule has 18 heavy (non-hydrogen) atoms. The summed E-state index contributed by atoms with van der Waals surface area (Å²) < 4.78 is 1.19. The number of fused-ring (bicyclic) bond motifs is 1. The van der Waals surface area contributed by atoms with Crippen LogP contribution in [0.25, 0.3) is 10.1 Å². The van der Waals surface area contributed by atoms with Crippen LogP contribution in [0.5, 0.6) is 0 Å². The molecular weight excluding hydrogens is 250 g/mol. The lowest BCUT2D eigenvalue weighted by Crippen LogP contribution is -2.39. The van der Waals surface area contributed by atoms with E-state index in [4.69, 9.17) is 5.73 Å². The van der Waals surface area contributed by atoms with E-state index in [1.807, 2.05) is 29.6 Å². The molecule has 1 heterocycles. The van der Waals surface area contributed by atoms with Gasteiger partial charge < -0.3 is 16.4 Å². The van der Waals surface area contributed by atoms with Crippen LogP contribution >= 0.6 is 11.3 Å². The van der Waals surface area contributed by atoms with Crippen molar-refractivity contribution in [1.29, 1.82) is 0 Å². The lowest BCUT2D eigenvalue weighted by atomic mass is 10.2. The zero-order valence-corrected chi connectivity index (χ0v) is 10.4. The highest BCUT2D eigenvalue weighted by atomic mass is 32.1. The Bertz CT molecular complexity index is 579. The van der Waals surface area contributed by atoms with Gasteiger partial charge in [-0.1, -0.05) is 18.2 Å². The number of amides is 3. The molecule has 0 saturated carbocycles. The van der Waals surface area contributed by atoms with Gasteiger partial charge in [0.15, 0.2) is 0 Å². The summed E-state index contributed by atoms with van der Waals surface area (Å²) in [5, 5.41) is 8.14. The van der Waals surface area contributed by atoms with Gasteiger partial charge in [0, 0.05) is 11.2 Å². The summed E-state index contributed by atoms with van der Waals surface area (Å²) in [6.07, 6.45) is 0. The number of urea groups is 1. The third-order valence-corrected chi connectivity index (χ3v) is 3.47. The van der Waals surface area contributed by atoms with Gasteiger partial charge in [0.2, 0.25) is 5.91 Å². The van der Waals surface area contributed by atoms with E-state index in [0.717, 1.165) is 10.9 Å². The highest BCUT2D eigenvalue weighted by Gasteiger charge is 2.06. The molecule has 5 nitrogen and oxygen atoms in total. The maximum Gasteiger partial charge on any atom is 0.312 e. The van der Waals surface area contributed by atoms with Gasteiger partial charge in [-0.3, -0.25) is 4.79 Å². The monoisotopic (exact) mass is 263 g/mol. The summed E-state index contributed by atoms with van der Waals surface area (Å²) in [7, 11) is 0. The van der Waals surface area contributed by atoms with Crippen molar-refractivity contribution in [3.63, 3.8) is 0 Å². The van der Waals surface area contributed by atoms with Crippen LogP contribution in [0, 0.1) is 0 Å². The van der Waals surface area contributed by atoms with Gasteiger partial charge in [-0.25, -0.2) is 4.79 Å². The van der Waals surface area contributed by atoms with E-state index in [1.54, 1.807) is 11.3 Å². The summed E-state index contributed by atoms with van der Waals surface area (Å²) in [4.78, 5) is 21.8. The lowest BCUT2D eigenvalue weighted by molar-refractivity contribution is -0.120. The fraction of sp³-hybridized carbons (Fsp3) is 0.167. The van der Waals surface area contributed by atoms with Gasteiger partial charge in [-0.15, -0.1) is 11.3 Å². The van der Waals surface area contributed by atoms with E-state index < -0.39 is 6.03 Å². The quantitative estimate of drug-likeness (QED) is 0.774. The molecule has 0 spiro atoms. The van der Waals surface area contributed by atoms with E-state index in [1.165, 1.54) is 4.70 Å². The average molecular weight is 263 g/mol. The van der Waals surface area contributed by atoms with Crippen LogP contribution in [-0.4, -0.2) is 18.5 Å². The van der Waals surface area contributed by atoms with Crippen LogP contribution in [0.3, 0.4) is 0 Å². The second-order valence-corrected chi connectivity index (χ2v) is 4.66. The van der Waals surface area contributed by atoms with Crippen molar-refractivity contribution in [3.05, 3.63) is 35.2 Å². The number of primary amides is 1. The molecule has 2 aromatic rings. The average Bonchev–Trinajstić information content (AvgIpc) is 2.77. The van der Waals surface area contributed by atoms with Crippen LogP contribution < -0.4 is 16.4 Å². The number of rotatable bonds is 4. The number of carbonyl (C=O) groups excluding carboxylic acids is 2. The predicted molar refractivity (Wildman–Crippen MR) is 71.3 cm³/mol. The van der Waals surface area contributed by atoms with Crippen molar-refractivity contribution in [1.82, 2.24) is 10.6 Å². The predicted octanol–water partition coefficient (Wildman–Crippen LogP) is 1.19. The first-order valence-corrected chi connectivity index (χ1v) is 6.30. The third kappa shape index (κ3) is 2.98. The van der Waals surface area contributed by atoms with E-state index in [0.29, 0.717) is 6.54 Å². The van der Waals surface area contributed by atoms with Gasteiger partial charge in [0.1, 0.15) is 0 Å². The number of benzene rings is 1. The maximum atomic E-state index is 11.4. The van der Waals surface area contributed by atoms with Crippen LogP contribution in [0.1, 0.15) is 5.56 Å². The SMILES string of the molecule is NC(=O)NCC(=O)NCc1csc2ccccc12. The van der Waals surface area contributed by atoms with Gasteiger partial charge in [0.25, 0.3) is 0 Å². The molecule has 0 bridgehead atoms. The topological polar surface area (TPSA) is 84.2 Å². The molecule has 0 saturated heterocycles. The molecule has 2 rings (SSSR count). The van der Waals surface area contributed by atoms with Crippen LogP contribution in [-0.2, 0) is 11.3 Å². The Morgan fingerprint density at radius 3 is 2.78 bits per heavy atom. The molecule has 6 heteroatoms. The normalized spacial score (nSPS) is 10.2. The van der Waals surface area contributed by atoms with Crippen LogP contribution in [0.15, 0.2) is 29.6 Å². The molecule has 0 fully saturated rings. The van der Waals surface area contributed by atoms with Crippen molar-refractivity contribution in [2.24, 2.45) is 5.73 Å². The molecule has 0 aliphatic carbocycles. The van der Waals surface area contributed by atoms with Gasteiger partial charge in [0.05, 0.1) is 6.54 Å². The first-order chi connectivity index (χ1) is 8.66. The number of thiophene rings is 1. The van der Waals surface area contributed by atoms with Crippen LogP contribution in [0.2, 0.25) is 0 Å². The Balaban J connectivity index is 1.94. The Hall–Kier alpha value is -2.08. The standard InChI is InChI=1S/C12H13N3O2S/c13-12(17)15-6-11(16)14-5-8-7-18-10-4-2-1-3-9(8)10/h1-4,7H,5-6H2,(H,14,16)(H3,13,15,17). The fourth-order valence-electron chi connectivity index (χ4n) is 1.59. The molecule has 0 aliphatic rings. The minimum Gasteiger partial charge on any atom is -0.352 e. The zero-order chi connectivity index (χ0) is 13.0. The molecule has 4 N–H and O–H groups in total. The fourth-order valence-corrected chi connectivity index (χ4v) is 2.56. The first-order valence-electron chi connectivity index (χ1n) is 5.42. The van der Waals surface area contributed by atoms with Crippen molar-refractivity contribution < 1.29 is 9.59 Å². The summed E-state index contributed by atoms with van der Waals surface area (Å²) in [6.45, 7) is 0.348. The van der Waals surface area contributed by atoms with Crippen LogP contribution in [0.4, 0.5) is 4.79 Å². The minimum atomic E-state index is -0.703. The molecule has 0 aliphatic heterocycles. The Labute approximate surface area is 108 Å². The van der Waals surface area contributed by atoms with Crippen molar-refractivity contribution in [2.45, 2.75) is 6.54 Å². The maximum absolute atomic E-state index is 11.4. The first kappa shape index (κ1) is 12.4. The lowest BCUT2D eigenvalue weighted by Gasteiger charge is -2.04. The molecule has 3 amide bonds. The zero-order valence-electron chi connectivity index (χ0n) is 9.60. The number of carbonyl (C=O) groups is 2. The Kier molecular flexibility index (Phi) is 3.78. The smallest absolute Gasteiger partial charge is 0.312 e. The second-order valence-electron chi connectivity index (χ2n) is 3.75. The summed E-state index contributed by atoms with van der Waals surface area (Å²) >= 11 is 1.64. The molecule has 94 valence electrons. The molecule has 1 aromatic heterocycles. The molecule has 0 radical (unpaired) electrons. The summed E-state index contributed by atoms with van der Waals surface area (Å²) in [5.74, 6) is -0.260. The van der Waals surface area contributed by atoms with Crippen molar-refractivity contribution >= 4 is 33.4 Å². The third-order valence-electron chi connectivity index (χ3n) is 2.46. The second kappa shape index (κ2) is 5.50. The van der Waals surface area contributed by atoms with E-state index >= 15 is 0 Å². The molecule has 0 atom stereocenters. The Morgan fingerprint density at radius 2 is 2.00 bits per heavy atom. The van der Waals surface area contributed by atoms with Gasteiger partial charge in [-0.05, 0) is 22.4 Å². The molecule has 1 aromatic carbocycles. The number of nitrogens with two attached hydrogens (primary N) is 1. The van der Waals surface area contributed by atoms with E-state index in [9.17, 15) is 9.59 Å². The summed E-state index contributed by atoms with van der Waals surface area (Å²) in [6, 6.07) is 7.31. The van der Waals surface area contributed by atoms with Crippen molar-refractivity contribution in [2.75, 3.05) is 6.54 Å². The molecule has 0 unspecified atom stereocenters. The van der Waals surface area contributed by atoms with Gasteiger partial charge in [-0.2, -0.15) is 0 Å². The van der Waals surface area contributed by atoms with Gasteiger partial charge >= 0.3 is 6.03 Å². The van der Waals surface area contributed by atoms with E-state index in [-0.39, 0.29) is 12.5 Å². The number of hydrogen-bond donors (Lipinski definition) is 3. The Morgan fingerprint density at radius 1 is 1.22 bits per heavy atom. The molecular formula is C12H13N3O2S. The largest absolute Gasteiger partial charge is 0.352 e. The minimum absolute atomic E-state index is 0.0998. The highest BCUT2D eigenvalue weighted by molar-refractivity contribution is 7.17. The van der Waals surface area contributed by atoms with E-state index in [2.05, 4.69) is 10.6 Å². The van der Waals surface area contributed by atoms with Crippen molar-refractivity contribution in [3.8, 4) is 0 Å². The number of hydrogen-bond acceptors (Lipinski definition) is 3. The highest BCUT2D eigenvalue weighted by Crippen LogP contribution is 2.25. The summed E-state index contributed by atoms with van der Waals surface area (Å²) in [5.41, 5.74) is 5.95.